The predicted molar refractivity (Wildman–Crippen MR) is 69.9 cm³/mol. The van der Waals surface area contributed by atoms with Gasteiger partial charge in [-0.15, -0.1) is 0 Å². The molecule has 98 valence electrons. The summed E-state index contributed by atoms with van der Waals surface area (Å²) in [5, 5.41) is 17.6. The Morgan fingerprint density at radius 1 is 1.29 bits per heavy atom. The van der Waals surface area contributed by atoms with Crippen LogP contribution in [0, 0.1) is 19.8 Å². The Morgan fingerprint density at radius 3 is 2.29 bits per heavy atom. The van der Waals surface area contributed by atoms with E-state index in [9.17, 15) is 5.11 Å². The summed E-state index contributed by atoms with van der Waals surface area (Å²) in [5.41, 5.74) is 3.48. The van der Waals surface area contributed by atoms with Gasteiger partial charge < -0.3 is 10.4 Å². The van der Waals surface area contributed by atoms with Gasteiger partial charge in [-0.05, 0) is 26.7 Å². The second kappa shape index (κ2) is 5.65. The van der Waals surface area contributed by atoms with E-state index in [4.69, 9.17) is 0 Å². The van der Waals surface area contributed by atoms with Crippen molar-refractivity contribution >= 4 is 0 Å². The molecule has 0 saturated carbocycles. The van der Waals surface area contributed by atoms with Gasteiger partial charge in [0.2, 0.25) is 0 Å². The molecule has 0 spiro atoms. The highest BCUT2D eigenvalue weighted by Crippen LogP contribution is 2.20. The SMILES string of the molecule is Cc1nn(C)c(C)c1C(C)NCC(O)C(C)C. The third-order valence-electron chi connectivity index (χ3n) is 3.40. The molecular formula is C13H25N3O. The summed E-state index contributed by atoms with van der Waals surface area (Å²) in [6, 6.07) is 0.220. The van der Waals surface area contributed by atoms with Crippen molar-refractivity contribution in [2.45, 2.75) is 46.8 Å². The van der Waals surface area contributed by atoms with Crippen LogP contribution in [0.3, 0.4) is 0 Å². The summed E-state index contributed by atoms with van der Waals surface area (Å²) in [6.45, 7) is 10.9. The second-order valence-corrected chi connectivity index (χ2v) is 5.15. The summed E-state index contributed by atoms with van der Waals surface area (Å²) < 4.78 is 1.90. The number of nitrogens with zero attached hydrogens (tertiary/aromatic N) is 2. The van der Waals surface area contributed by atoms with Gasteiger partial charge >= 0.3 is 0 Å². The Morgan fingerprint density at radius 2 is 1.88 bits per heavy atom. The minimum Gasteiger partial charge on any atom is -0.392 e. The number of aryl methyl sites for hydroxylation is 2. The van der Waals surface area contributed by atoms with Crippen LogP contribution in [-0.2, 0) is 7.05 Å². The molecule has 1 aromatic heterocycles. The number of aliphatic hydroxyl groups is 1. The molecule has 0 saturated heterocycles. The first kappa shape index (κ1) is 14.2. The van der Waals surface area contributed by atoms with Gasteiger partial charge in [0.15, 0.2) is 0 Å². The average molecular weight is 239 g/mol. The van der Waals surface area contributed by atoms with Crippen molar-refractivity contribution in [2.24, 2.45) is 13.0 Å². The lowest BCUT2D eigenvalue weighted by Gasteiger charge is -2.19. The Balaban J connectivity index is 2.67. The maximum Gasteiger partial charge on any atom is 0.0687 e. The van der Waals surface area contributed by atoms with E-state index in [0.29, 0.717) is 6.54 Å². The van der Waals surface area contributed by atoms with Gasteiger partial charge in [0, 0.05) is 30.9 Å². The van der Waals surface area contributed by atoms with E-state index in [0.717, 1.165) is 5.69 Å². The molecule has 0 radical (unpaired) electrons. The number of hydrogen-bond donors (Lipinski definition) is 2. The van der Waals surface area contributed by atoms with Gasteiger partial charge in [-0.25, -0.2) is 0 Å². The molecule has 2 unspecified atom stereocenters. The molecule has 0 bridgehead atoms. The summed E-state index contributed by atoms with van der Waals surface area (Å²) in [5.74, 6) is 0.283. The Hall–Kier alpha value is -0.870. The first-order chi connectivity index (χ1) is 7.84. The molecule has 17 heavy (non-hydrogen) atoms. The maximum absolute atomic E-state index is 9.78. The van der Waals surface area contributed by atoms with Crippen LogP contribution in [0.25, 0.3) is 0 Å². The van der Waals surface area contributed by atoms with Crippen LogP contribution in [0.5, 0.6) is 0 Å². The lowest BCUT2D eigenvalue weighted by molar-refractivity contribution is 0.120. The topological polar surface area (TPSA) is 50.1 Å². The molecule has 0 aromatic carbocycles. The molecule has 4 heteroatoms. The normalized spacial score (nSPS) is 15.3. The molecule has 0 aliphatic carbocycles. The Kier molecular flexibility index (Phi) is 4.71. The summed E-state index contributed by atoms with van der Waals surface area (Å²) >= 11 is 0. The lowest BCUT2D eigenvalue weighted by atomic mass is 10.0. The van der Waals surface area contributed by atoms with Gasteiger partial charge in [-0.2, -0.15) is 5.10 Å². The molecule has 0 amide bonds. The zero-order chi connectivity index (χ0) is 13.2. The number of rotatable bonds is 5. The molecule has 1 aromatic rings. The minimum atomic E-state index is -0.297. The standard InChI is InChI=1S/C13H25N3O/c1-8(2)12(17)7-14-9(3)13-10(4)15-16(6)11(13)5/h8-9,12,14,17H,7H2,1-6H3. The van der Waals surface area contributed by atoms with Crippen molar-refractivity contribution in [1.29, 1.82) is 0 Å². The highest BCUT2D eigenvalue weighted by atomic mass is 16.3. The molecule has 0 aliphatic heterocycles. The zero-order valence-corrected chi connectivity index (χ0v) is 11.8. The molecule has 2 N–H and O–H groups in total. The maximum atomic E-state index is 9.78. The molecule has 0 fully saturated rings. The fourth-order valence-electron chi connectivity index (χ4n) is 2.05. The highest BCUT2D eigenvalue weighted by Gasteiger charge is 2.17. The molecule has 0 aliphatic rings. The first-order valence-electron chi connectivity index (χ1n) is 6.26. The summed E-state index contributed by atoms with van der Waals surface area (Å²) in [7, 11) is 1.96. The third-order valence-corrected chi connectivity index (χ3v) is 3.40. The van der Waals surface area contributed by atoms with Crippen molar-refractivity contribution in [1.82, 2.24) is 15.1 Å². The molecule has 4 nitrogen and oxygen atoms in total. The van der Waals surface area contributed by atoms with Gasteiger partial charge in [0.05, 0.1) is 11.8 Å². The third kappa shape index (κ3) is 3.30. The van der Waals surface area contributed by atoms with E-state index >= 15 is 0 Å². The predicted octanol–water partition coefficient (Wildman–Crippen LogP) is 1.70. The monoisotopic (exact) mass is 239 g/mol. The largest absolute Gasteiger partial charge is 0.392 e. The van der Waals surface area contributed by atoms with Gasteiger partial charge in [0.1, 0.15) is 0 Å². The van der Waals surface area contributed by atoms with Crippen molar-refractivity contribution < 1.29 is 5.11 Å². The lowest BCUT2D eigenvalue weighted by Crippen LogP contribution is -2.32. The molecule has 1 heterocycles. The van der Waals surface area contributed by atoms with Crippen molar-refractivity contribution in [3.8, 4) is 0 Å². The fourth-order valence-corrected chi connectivity index (χ4v) is 2.05. The zero-order valence-electron chi connectivity index (χ0n) is 11.8. The quantitative estimate of drug-likeness (QED) is 0.822. The first-order valence-corrected chi connectivity index (χ1v) is 6.26. The Bertz CT molecular complexity index is 371. The summed E-state index contributed by atoms with van der Waals surface area (Å²) in [4.78, 5) is 0. The van der Waals surface area contributed by atoms with Crippen LogP contribution in [0.1, 0.15) is 43.8 Å². The van der Waals surface area contributed by atoms with E-state index in [-0.39, 0.29) is 18.1 Å². The van der Waals surface area contributed by atoms with Crippen LogP contribution in [0.2, 0.25) is 0 Å². The van der Waals surface area contributed by atoms with E-state index in [1.807, 2.05) is 32.5 Å². The smallest absolute Gasteiger partial charge is 0.0687 e. The number of aromatic nitrogens is 2. The van der Waals surface area contributed by atoms with E-state index in [1.165, 1.54) is 11.3 Å². The second-order valence-electron chi connectivity index (χ2n) is 5.15. The van der Waals surface area contributed by atoms with Gasteiger partial charge in [-0.1, -0.05) is 13.8 Å². The number of nitrogens with one attached hydrogen (secondary N) is 1. The number of aliphatic hydroxyl groups excluding tert-OH is 1. The van der Waals surface area contributed by atoms with Crippen molar-refractivity contribution in [2.75, 3.05) is 6.54 Å². The van der Waals surface area contributed by atoms with Crippen LogP contribution in [0.15, 0.2) is 0 Å². The average Bonchev–Trinajstić information content (AvgIpc) is 2.49. The van der Waals surface area contributed by atoms with Crippen LogP contribution < -0.4 is 5.32 Å². The molecule has 1 rings (SSSR count). The van der Waals surface area contributed by atoms with Crippen molar-refractivity contribution in [3.05, 3.63) is 17.0 Å². The van der Waals surface area contributed by atoms with Crippen LogP contribution in [-0.4, -0.2) is 27.5 Å². The van der Waals surface area contributed by atoms with E-state index in [2.05, 4.69) is 24.3 Å². The van der Waals surface area contributed by atoms with Crippen molar-refractivity contribution in [3.63, 3.8) is 0 Å². The van der Waals surface area contributed by atoms with Crippen LogP contribution in [0.4, 0.5) is 0 Å². The summed E-state index contributed by atoms with van der Waals surface area (Å²) in [6.07, 6.45) is -0.297. The van der Waals surface area contributed by atoms with Gasteiger partial charge in [0.25, 0.3) is 0 Å². The Labute approximate surface area is 104 Å². The number of hydrogen-bond acceptors (Lipinski definition) is 3. The molecule has 2 atom stereocenters. The van der Waals surface area contributed by atoms with Gasteiger partial charge in [-0.3, -0.25) is 4.68 Å². The molecular weight excluding hydrogens is 214 g/mol. The van der Waals surface area contributed by atoms with E-state index < -0.39 is 0 Å². The minimum absolute atomic E-state index is 0.220. The highest BCUT2D eigenvalue weighted by molar-refractivity contribution is 5.27. The van der Waals surface area contributed by atoms with Crippen LogP contribution >= 0.6 is 0 Å². The fraction of sp³-hybridized carbons (Fsp3) is 0.769. The van der Waals surface area contributed by atoms with E-state index in [1.54, 1.807) is 0 Å².